The van der Waals surface area contributed by atoms with Crippen LogP contribution in [0.5, 0.6) is 5.75 Å². The van der Waals surface area contributed by atoms with Crippen LogP contribution in [0.15, 0.2) is 42.5 Å². The zero-order valence-electron chi connectivity index (χ0n) is 22.5. The van der Waals surface area contributed by atoms with Crippen molar-refractivity contribution in [1.82, 2.24) is 20.0 Å². The summed E-state index contributed by atoms with van der Waals surface area (Å²) in [6.45, 7) is 8.29. The van der Waals surface area contributed by atoms with Crippen molar-refractivity contribution in [1.29, 1.82) is 0 Å². The topological polar surface area (TPSA) is 119 Å². The highest BCUT2D eigenvalue weighted by Crippen LogP contribution is 2.34. The predicted molar refractivity (Wildman–Crippen MR) is 144 cm³/mol. The van der Waals surface area contributed by atoms with Crippen LogP contribution in [0, 0.1) is 0 Å². The highest BCUT2D eigenvalue weighted by molar-refractivity contribution is 6.05. The van der Waals surface area contributed by atoms with Gasteiger partial charge < -0.3 is 24.5 Å². The number of hydrogen-bond donors (Lipinski definition) is 2. The van der Waals surface area contributed by atoms with E-state index in [1.165, 1.54) is 9.80 Å². The molecule has 0 radical (unpaired) electrons. The van der Waals surface area contributed by atoms with E-state index >= 15 is 0 Å². The molecular weight excluding hydrogens is 500 g/mol. The molecule has 1 saturated heterocycles. The minimum Gasteiger partial charge on any atom is -0.489 e. The van der Waals surface area contributed by atoms with Crippen LogP contribution in [-0.4, -0.2) is 75.8 Å². The van der Waals surface area contributed by atoms with E-state index in [-0.39, 0.29) is 31.4 Å². The lowest BCUT2D eigenvalue weighted by Crippen LogP contribution is -2.52. The summed E-state index contributed by atoms with van der Waals surface area (Å²) in [7, 11) is 0. The van der Waals surface area contributed by atoms with Gasteiger partial charge in [-0.3, -0.25) is 19.7 Å². The van der Waals surface area contributed by atoms with Crippen LogP contribution < -0.4 is 10.1 Å². The third-order valence-corrected chi connectivity index (χ3v) is 7.40. The average Bonchev–Trinajstić information content (AvgIpc) is 3.26. The van der Waals surface area contributed by atoms with Crippen molar-refractivity contribution in [3.63, 3.8) is 0 Å². The third kappa shape index (κ3) is 6.75. The zero-order chi connectivity index (χ0) is 27.9. The molecular formula is C29H36N4O6. The molecule has 1 unspecified atom stereocenters. The highest BCUT2D eigenvalue weighted by Gasteiger charge is 2.40. The van der Waals surface area contributed by atoms with Gasteiger partial charge in [0.05, 0.1) is 6.54 Å². The van der Waals surface area contributed by atoms with Gasteiger partial charge in [0, 0.05) is 30.6 Å². The molecule has 2 aromatic carbocycles. The van der Waals surface area contributed by atoms with Gasteiger partial charge in [0.1, 0.15) is 18.4 Å². The largest absolute Gasteiger partial charge is 0.489 e. The molecule has 2 heterocycles. The van der Waals surface area contributed by atoms with Gasteiger partial charge in [-0.25, -0.2) is 4.79 Å². The Balaban J connectivity index is 1.34. The summed E-state index contributed by atoms with van der Waals surface area (Å²) in [6, 6.07) is 12.2. The molecule has 0 saturated carbocycles. The maximum absolute atomic E-state index is 13.0. The second-order valence-electron chi connectivity index (χ2n) is 9.87. The molecule has 0 aliphatic carbocycles. The molecule has 4 rings (SSSR count). The van der Waals surface area contributed by atoms with Crippen LogP contribution in [-0.2, 0) is 29.3 Å². The molecule has 0 bridgehead atoms. The monoisotopic (exact) mass is 536 g/mol. The number of carboxylic acid groups (broad SMARTS) is 1. The second-order valence-corrected chi connectivity index (χ2v) is 9.87. The van der Waals surface area contributed by atoms with E-state index in [1.54, 1.807) is 18.2 Å². The van der Waals surface area contributed by atoms with E-state index < -0.39 is 18.0 Å². The Morgan fingerprint density at radius 1 is 1.05 bits per heavy atom. The number of fused-ring (bicyclic) bond motifs is 1. The zero-order valence-corrected chi connectivity index (χ0v) is 22.5. The van der Waals surface area contributed by atoms with E-state index in [9.17, 15) is 24.3 Å². The molecule has 39 heavy (non-hydrogen) atoms. The van der Waals surface area contributed by atoms with E-state index in [0.29, 0.717) is 30.8 Å². The maximum Gasteiger partial charge on any atom is 0.407 e. The fourth-order valence-electron chi connectivity index (χ4n) is 5.08. The van der Waals surface area contributed by atoms with Crippen molar-refractivity contribution < 1.29 is 29.0 Å². The standard InChI is InChI=1S/C29H36N4O6/c1-3-31(4-2)15-6-16-32(29(37)38)17-20-9-11-21(12-10-20)19-39-25-8-5-7-22-23(25)18-33(28(22)36)24-13-14-26(34)30-27(24)35/h5,7-12,24H,3-4,6,13-19H2,1-2H3,(H,37,38)(H,30,34,35). The average molecular weight is 537 g/mol. The predicted octanol–water partition coefficient (Wildman–Crippen LogP) is 3.24. The molecule has 1 fully saturated rings. The second kappa shape index (κ2) is 12.8. The first-order valence-corrected chi connectivity index (χ1v) is 13.5. The fourth-order valence-corrected chi connectivity index (χ4v) is 5.08. The molecule has 2 aromatic rings. The summed E-state index contributed by atoms with van der Waals surface area (Å²) >= 11 is 0. The molecule has 208 valence electrons. The summed E-state index contributed by atoms with van der Waals surface area (Å²) in [6.07, 6.45) is 0.365. The minimum absolute atomic E-state index is 0.205. The molecule has 4 amide bonds. The van der Waals surface area contributed by atoms with Crippen molar-refractivity contribution in [3.8, 4) is 5.75 Å². The first kappa shape index (κ1) is 28.1. The number of imide groups is 1. The Labute approximate surface area is 228 Å². The van der Waals surface area contributed by atoms with Crippen LogP contribution in [0.1, 0.15) is 60.2 Å². The maximum atomic E-state index is 13.0. The van der Waals surface area contributed by atoms with Gasteiger partial charge in [-0.1, -0.05) is 44.2 Å². The Kier molecular flexibility index (Phi) is 9.19. The smallest absolute Gasteiger partial charge is 0.407 e. The Hall–Kier alpha value is -3.92. The molecule has 1 atom stereocenters. The lowest BCUT2D eigenvalue weighted by atomic mass is 10.0. The number of rotatable bonds is 12. The van der Waals surface area contributed by atoms with E-state index in [4.69, 9.17) is 4.74 Å². The van der Waals surface area contributed by atoms with Crippen LogP contribution in [0.2, 0.25) is 0 Å². The fraction of sp³-hybridized carbons (Fsp3) is 0.448. The van der Waals surface area contributed by atoms with Crippen LogP contribution >= 0.6 is 0 Å². The number of piperidine rings is 1. The lowest BCUT2D eigenvalue weighted by molar-refractivity contribution is -0.136. The van der Waals surface area contributed by atoms with Crippen molar-refractivity contribution in [2.75, 3.05) is 26.2 Å². The first-order chi connectivity index (χ1) is 18.8. The van der Waals surface area contributed by atoms with E-state index in [2.05, 4.69) is 24.1 Å². The number of carbonyl (C=O) groups excluding carboxylic acids is 3. The quantitative estimate of drug-likeness (QED) is 0.400. The molecule has 0 spiro atoms. The minimum atomic E-state index is -0.930. The molecule has 10 heteroatoms. The summed E-state index contributed by atoms with van der Waals surface area (Å²) in [5, 5.41) is 11.9. The summed E-state index contributed by atoms with van der Waals surface area (Å²) in [5.74, 6) is -0.430. The Morgan fingerprint density at radius 2 is 1.77 bits per heavy atom. The number of benzene rings is 2. The van der Waals surface area contributed by atoms with Gasteiger partial charge in [0.25, 0.3) is 5.91 Å². The van der Waals surface area contributed by atoms with Gasteiger partial charge >= 0.3 is 6.09 Å². The van der Waals surface area contributed by atoms with E-state index in [0.717, 1.165) is 42.7 Å². The number of nitrogens with zero attached hydrogens (tertiary/aromatic N) is 3. The summed E-state index contributed by atoms with van der Waals surface area (Å²) in [5.41, 5.74) is 3.04. The van der Waals surface area contributed by atoms with Crippen LogP contribution in [0.3, 0.4) is 0 Å². The third-order valence-electron chi connectivity index (χ3n) is 7.40. The molecule has 2 aliphatic rings. The number of amides is 4. The molecule has 2 N–H and O–H groups in total. The summed E-state index contributed by atoms with van der Waals surface area (Å²) in [4.78, 5) is 53.8. The highest BCUT2D eigenvalue weighted by atomic mass is 16.5. The molecule has 2 aliphatic heterocycles. The molecule has 10 nitrogen and oxygen atoms in total. The molecule has 0 aromatic heterocycles. The van der Waals surface area contributed by atoms with Crippen molar-refractivity contribution in [3.05, 3.63) is 64.7 Å². The number of nitrogens with one attached hydrogen (secondary N) is 1. The Bertz CT molecular complexity index is 1210. The SMILES string of the molecule is CCN(CC)CCCN(Cc1ccc(COc2cccc3c2CN(C2CCC(=O)NC2=O)C3=O)cc1)C(=O)O. The van der Waals surface area contributed by atoms with Crippen molar-refractivity contribution in [2.45, 2.75) is 58.8 Å². The van der Waals surface area contributed by atoms with Gasteiger partial charge in [-0.15, -0.1) is 0 Å². The Morgan fingerprint density at radius 3 is 2.44 bits per heavy atom. The van der Waals surface area contributed by atoms with Gasteiger partial charge in [0.2, 0.25) is 11.8 Å². The van der Waals surface area contributed by atoms with Gasteiger partial charge in [-0.2, -0.15) is 0 Å². The normalized spacial score (nSPS) is 16.8. The number of ether oxygens (including phenoxy) is 1. The van der Waals surface area contributed by atoms with Crippen LogP contribution in [0.4, 0.5) is 4.79 Å². The van der Waals surface area contributed by atoms with Gasteiger partial charge in [-0.05, 0) is 55.7 Å². The van der Waals surface area contributed by atoms with Crippen molar-refractivity contribution >= 4 is 23.8 Å². The van der Waals surface area contributed by atoms with Crippen molar-refractivity contribution in [2.24, 2.45) is 0 Å². The summed E-state index contributed by atoms with van der Waals surface area (Å²) < 4.78 is 6.08. The number of carbonyl (C=O) groups is 4. The lowest BCUT2D eigenvalue weighted by Gasteiger charge is -2.29. The van der Waals surface area contributed by atoms with Gasteiger partial charge in [0.15, 0.2) is 0 Å². The number of hydrogen-bond acceptors (Lipinski definition) is 6. The first-order valence-electron chi connectivity index (χ1n) is 13.5. The van der Waals surface area contributed by atoms with Crippen LogP contribution in [0.25, 0.3) is 0 Å². The van der Waals surface area contributed by atoms with E-state index in [1.807, 2.05) is 24.3 Å².